The van der Waals surface area contributed by atoms with Crippen LogP contribution in [0, 0.1) is 12.8 Å². The molecule has 4 heteroatoms. The molecule has 1 aliphatic heterocycles. The van der Waals surface area contributed by atoms with E-state index in [9.17, 15) is 9.59 Å². The molecular formula is C22H24N2O2. The van der Waals surface area contributed by atoms with Crippen LogP contribution in [0.3, 0.4) is 0 Å². The van der Waals surface area contributed by atoms with E-state index in [0.29, 0.717) is 11.6 Å². The van der Waals surface area contributed by atoms with Gasteiger partial charge in [0.15, 0.2) is 5.78 Å². The lowest BCUT2D eigenvalue weighted by Crippen LogP contribution is -2.25. The predicted molar refractivity (Wildman–Crippen MR) is 102 cm³/mol. The Bertz CT molecular complexity index is 832. The number of Topliss-reactive ketones (excluding diaryl/α,β-unsaturated/α-hetero) is 1. The monoisotopic (exact) mass is 348 g/mol. The van der Waals surface area contributed by atoms with Crippen LogP contribution in [0.1, 0.15) is 45.5 Å². The molecule has 4 nitrogen and oxygen atoms in total. The van der Waals surface area contributed by atoms with Crippen LogP contribution in [0.15, 0.2) is 42.5 Å². The van der Waals surface area contributed by atoms with Gasteiger partial charge in [0.2, 0.25) is 0 Å². The predicted octanol–water partition coefficient (Wildman–Crippen LogP) is 3.35. The van der Waals surface area contributed by atoms with E-state index in [0.717, 1.165) is 54.6 Å². The minimum absolute atomic E-state index is 0.00530. The number of nitrogens with one attached hydrogen (secondary N) is 2. The summed E-state index contributed by atoms with van der Waals surface area (Å²) in [5.74, 6) is 0.308. The molecule has 1 saturated heterocycles. The molecule has 1 atom stereocenters. The number of aryl methyl sites for hydroxylation is 1. The average Bonchev–Trinajstić information content (AvgIpc) is 3.30. The summed E-state index contributed by atoms with van der Waals surface area (Å²) in [5, 5.41) is 6.28. The molecule has 2 aromatic carbocycles. The first kappa shape index (κ1) is 17.0. The summed E-state index contributed by atoms with van der Waals surface area (Å²) in [4.78, 5) is 24.8. The first-order valence-corrected chi connectivity index (χ1v) is 9.39. The Morgan fingerprint density at radius 3 is 2.38 bits per heavy atom. The molecule has 0 bridgehead atoms. The standard InChI is InChI=1S/C22H24N2O2/c1-14-2-3-17(22(26)24-19-8-9-19)12-20(14)15-4-6-16(7-5-15)21(25)18-10-11-23-13-18/h2-7,12,18-19,23H,8-11,13H2,1H3,(H,24,26). The highest BCUT2D eigenvalue weighted by molar-refractivity contribution is 5.99. The number of carbonyl (C=O) groups is 2. The summed E-state index contributed by atoms with van der Waals surface area (Å²) in [6, 6.07) is 14.0. The van der Waals surface area contributed by atoms with E-state index in [1.807, 2.05) is 49.4 Å². The molecule has 1 amide bonds. The van der Waals surface area contributed by atoms with Crippen molar-refractivity contribution in [3.63, 3.8) is 0 Å². The number of rotatable bonds is 5. The molecule has 0 aromatic heterocycles. The van der Waals surface area contributed by atoms with Gasteiger partial charge in [0.1, 0.15) is 0 Å². The van der Waals surface area contributed by atoms with E-state index in [2.05, 4.69) is 10.6 Å². The van der Waals surface area contributed by atoms with E-state index in [-0.39, 0.29) is 17.6 Å². The minimum atomic E-state index is -0.00530. The van der Waals surface area contributed by atoms with Gasteiger partial charge in [-0.3, -0.25) is 9.59 Å². The third kappa shape index (κ3) is 3.56. The third-order valence-electron chi connectivity index (χ3n) is 5.32. The fourth-order valence-corrected chi connectivity index (χ4v) is 3.50. The lowest BCUT2D eigenvalue weighted by molar-refractivity contribution is 0.0927. The maximum absolute atomic E-state index is 12.5. The van der Waals surface area contributed by atoms with E-state index < -0.39 is 0 Å². The van der Waals surface area contributed by atoms with Gasteiger partial charge < -0.3 is 10.6 Å². The van der Waals surface area contributed by atoms with Crippen LogP contribution in [0.4, 0.5) is 0 Å². The fourth-order valence-electron chi connectivity index (χ4n) is 3.50. The minimum Gasteiger partial charge on any atom is -0.349 e. The van der Waals surface area contributed by atoms with Gasteiger partial charge in [-0.2, -0.15) is 0 Å². The summed E-state index contributed by atoms with van der Waals surface area (Å²) in [6.07, 6.45) is 3.07. The highest BCUT2D eigenvalue weighted by atomic mass is 16.1. The highest BCUT2D eigenvalue weighted by Crippen LogP contribution is 2.27. The quantitative estimate of drug-likeness (QED) is 0.815. The van der Waals surface area contributed by atoms with Crippen molar-refractivity contribution >= 4 is 11.7 Å². The number of ketones is 1. The molecule has 1 aliphatic carbocycles. The van der Waals surface area contributed by atoms with Crippen molar-refractivity contribution in [2.24, 2.45) is 5.92 Å². The third-order valence-corrected chi connectivity index (χ3v) is 5.32. The van der Waals surface area contributed by atoms with Crippen molar-refractivity contribution < 1.29 is 9.59 Å². The Kier molecular flexibility index (Phi) is 4.60. The van der Waals surface area contributed by atoms with Crippen LogP contribution in [0.25, 0.3) is 11.1 Å². The summed E-state index contributed by atoms with van der Waals surface area (Å²) >= 11 is 0. The van der Waals surface area contributed by atoms with E-state index in [4.69, 9.17) is 0 Å². The van der Waals surface area contributed by atoms with E-state index in [1.54, 1.807) is 0 Å². The van der Waals surface area contributed by atoms with Gasteiger partial charge in [0.25, 0.3) is 5.91 Å². The zero-order valence-electron chi connectivity index (χ0n) is 15.0. The molecule has 0 spiro atoms. The van der Waals surface area contributed by atoms with Crippen molar-refractivity contribution in [3.05, 3.63) is 59.2 Å². The van der Waals surface area contributed by atoms with Crippen LogP contribution >= 0.6 is 0 Å². The van der Waals surface area contributed by atoms with Gasteiger partial charge in [-0.05, 0) is 61.6 Å². The summed E-state index contributed by atoms with van der Waals surface area (Å²) in [7, 11) is 0. The molecule has 0 radical (unpaired) electrons. The molecule has 2 fully saturated rings. The van der Waals surface area contributed by atoms with Crippen molar-refractivity contribution in [3.8, 4) is 11.1 Å². The van der Waals surface area contributed by atoms with E-state index in [1.165, 1.54) is 0 Å². The summed E-state index contributed by atoms with van der Waals surface area (Å²) < 4.78 is 0. The molecule has 1 heterocycles. The topological polar surface area (TPSA) is 58.2 Å². The second-order valence-electron chi connectivity index (χ2n) is 7.41. The van der Waals surface area contributed by atoms with Gasteiger partial charge in [-0.25, -0.2) is 0 Å². The second-order valence-corrected chi connectivity index (χ2v) is 7.41. The first-order chi connectivity index (χ1) is 12.6. The average molecular weight is 348 g/mol. The fraction of sp³-hybridized carbons (Fsp3) is 0.364. The van der Waals surface area contributed by atoms with Crippen LogP contribution in [-0.2, 0) is 0 Å². The number of hydrogen-bond donors (Lipinski definition) is 2. The Morgan fingerprint density at radius 1 is 1.00 bits per heavy atom. The Balaban J connectivity index is 1.56. The molecule has 1 saturated carbocycles. The molecule has 2 aromatic rings. The van der Waals surface area contributed by atoms with Crippen molar-refractivity contribution in [1.29, 1.82) is 0 Å². The molecule has 4 rings (SSSR count). The number of benzene rings is 2. The lowest BCUT2D eigenvalue weighted by atomic mass is 9.93. The highest BCUT2D eigenvalue weighted by Gasteiger charge is 2.25. The molecule has 2 N–H and O–H groups in total. The van der Waals surface area contributed by atoms with Crippen LogP contribution in [-0.4, -0.2) is 30.8 Å². The van der Waals surface area contributed by atoms with Crippen molar-refractivity contribution in [1.82, 2.24) is 10.6 Å². The van der Waals surface area contributed by atoms with Crippen molar-refractivity contribution in [2.75, 3.05) is 13.1 Å². The molecular weight excluding hydrogens is 324 g/mol. The van der Waals surface area contributed by atoms with E-state index >= 15 is 0 Å². The zero-order valence-corrected chi connectivity index (χ0v) is 15.0. The maximum Gasteiger partial charge on any atom is 0.251 e. The maximum atomic E-state index is 12.5. The SMILES string of the molecule is Cc1ccc(C(=O)NC2CC2)cc1-c1ccc(C(=O)C2CCNC2)cc1. The smallest absolute Gasteiger partial charge is 0.251 e. The number of hydrogen-bond acceptors (Lipinski definition) is 3. The zero-order chi connectivity index (χ0) is 18.1. The molecule has 2 aliphatic rings. The molecule has 26 heavy (non-hydrogen) atoms. The normalized spacial score (nSPS) is 19.3. The van der Waals surface area contributed by atoms with Gasteiger partial charge in [-0.1, -0.05) is 30.3 Å². The Hall–Kier alpha value is -2.46. The number of carbonyl (C=O) groups excluding carboxylic acids is 2. The molecule has 134 valence electrons. The summed E-state index contributed by atoms with van der Waals surface area (Å²) in [6.45, 7) is 3.74. The Morgan fingerprint density at radius 2 is 1.73 bits per heavy atom. The van der Waals surface area contributed by atoms with Gasteiger partial charge in [0.05, 0.1) is 0 Å². The van der Waals surface area contributed by atoms with Gasteiger partial charge >= 0.3 is 0 Å². The second kappa shape index (κ2) is 7.04. The van der Waals surface area contributed by atoms with Crippen molar-refractivity contribution in [2.45, 2.75) is 32.2 Å². The summed E-state index contributed by atoms with van der Waals surface area (Å²) in [5.41, 5.74) is 4.64. The van der Waals surface area contributed by atoms with Crippen LogP contribution in [0.2, 0.25) is 0 Å². The number of amides is 1. The van der Waals surface area contributed by atoms with Gasteiger partial charge in [-0.15, -0.1) is 0 Å². The van der Waals surface area contributed by atoms with Crippen LogP contribution < -0.4 is 10.6 Å². The van der Waals surface area contributed by atoms with Crippen LogP contribution in [0.5, 0.6) is 0 Å². The lowest BCUT2D eigenvalue weighted by Gasteiger charge is -2.11. The molecule has 1 unspecified atom stereocenters. The largest absolute Gasteiger partial charge is 0.349 e. The Labute approximate surface area is 154 Å². The van der Waals surface area contributed by atoms with Gasteiger partial charge in [0, 0.05) is 29.6 Å². The first-order valence-electron chi connectivity index (χ1n) is 9.39.